The van der Waals surface area contributed by atoms with Gasteiger partial charge in [0.05, 0.1) is 10.6 Å². The van der Waals surface area contributed by atoms with Crippen molar-refractivity contribution >= 4 is 63.9 Å². The molecule has 0 unspecified atom stereocenters. The van der Waals surface area contributed by atoms with Crippen LogP contribution >= 0.6 is 35.4 Å². The number of carbonyl (C=O) groups excluding carboxylic acids is 1. The summed E-state index contributed by atoms with van der Waals surface area (Å²) in [5.41, 5.74) is 0.0179. The number of rotatable bonds is 4. The van der Waals surface area contributed by atoms with E-state index in [4.69, 9.17) is 35.4 Å². The van der Waals surface area contributed by atoms with Crippen LogP contribution in [0.4, 0.5) is 15.8 Å². The summed E-state index contributed by atoms with van der Waals surface area (Å²) in [5.74, 6) is -1.35. The second-order valence-corrected chi connectivity index (χ2v) is 6.12. The average molecular weight is 414 g/mol. The highest BCUT2D eigenvalue weighted by molar-refractivity contribution is 7.80. The van der Waals surface area contributed by atoms with E-state index in [0.29, 0.717) is 15.6 Å². The molecule has 2 aromatic carbocycles. The molecule has 26 heavy (non-hydrogen) atoms. The monoisotopic (exact) mass is 413 g/mol. The maximum absolute atomic E-state index is 13.7. The Kier molecular flexibility index (Phi) is 6.62. The second-order valence-electron chi connectivity index (χ2n) is 4.86. The number of hydrogen-bond donors (Lipinski definition) is 2. The zero-order valence-electron chi connectivity index (χ0n) is 12.8. The van der Waals surface area contributed by atoms with Crippen molar-refractivity contribution in [2.45, 2.75) is 0 Å². The van der Waals surface area contributed by atoms with E-state index in [9.17, 15) is 19.3 Å². The fraction of sp³-hybridized carbons (Fsp3) is 0. The molecule has 0 spiro atoms. The smallest absolute Gasteiger partial charge is 0.271 e. The lowest BCUT2D eigenvalue weighted by Crippen LogP contribution is -2.33. The van der Waals surface area contributed by atoms with Gasteiger partial charge in [-0.15, -0.1) is 0 Å². The van der Waals surface area contributed by atoms with Gasteiger partial charge in [-0.1, -0.05) is 29.3 Å². The Labute approximate surface area is 162 Å². The van der Waals surface area contributed by atoms with E-state index in [0.717, 1.165) is 18.2 Å². The number of nitro groups is 1. The van der Waals surface area contributed by atoms with Crippen LogP contribution in [-0.4, -0.2) is 15.9 Å². The van der Waals surface area contributed by atoms with Crippen LogP contribution in [0.5, 0.6) is 0 Å². The van der Waals surface area contributed by atoms with Crippen molar-refractivity contribution in [3.05, 3.63) is 74.0 Å². The SMILES string of the molecule is O=C(/C=C/c1ccc(Cl)cc1Cl)NC(=S)Nc1cc([N+](=O)[O-])ccc1F. The van der Waals surface area contributed by atoms with E-state index in [1.165, 1.54) is 18.2 Å². The van der Waals surface area contributed by atoms with Crippen LogP contribution in [-0.2, 0) is 4.79 Å². The van der Waals surface area contributed by atoms with Crippen molar-refractivity contribution in [2.24, 2.45) is 0 Å². The third kappa shape index (κ3) is 5.48. The van der Waals surface area contributed by atoms with Gasteiger partial charge in [0.25, 0.3) is 5.69 Å². The molecule has 134 valence electrons. The van der Waals surface area contributed by atoms with E-state index >= 15 is 0 Å². The molecule has 0 aliphatic carbocycles. The maximum atomic E-state index is 13.7. The summed E-state index contributed by atoms with van der Waals surface area (Å²) in [4.78, 5) is 21.9. The van der Waals surface area contributed by atoms with Crippen LogP contribution in [0.1, 0.15) is 5.56 Å². The van der Waals surface area contributed by atoms with Crippen molar-refractivity contribution in [3.63, 3.8) is 0 Å². The van der Waals surface area contributed by atoms with E-state index in [2.05, 4.69) is 10.6 Å². The normalized spacial score (nSPS) is 10.6. The average Bonchev–Trinajstić information content (AvgIpc) is 2.55. The van der Waals surface area contributed by atoms with Gasteiger partial charge in [0.15, 0.2) is 5.11 Å². The quantitative estimate of drug-likeness (QED) is 0.332. The third-order valence-electron chi connectivity index (χ3n) is 3.02. The summed E-state index contributed by atoms with van der Waals surface area (Å²) >= 11 is 16.7. The standard InChI is InChI=1S/C16H10Cl2FN3O3S/c17-10-3-1-9(12(18)7-10)2-6-15(23)21-16(26)20-14-8-11(22(24)25)4-5-13(14)19/h1-8H,(H2,20,21,23,26)/b6-2+. The first-order chi connectivity index (χ1) is 12.3. The lowest BCUT2D eigenvalue weighted by atomic mass is 10.2. The zero-order valence-corrected chi connectivity index (χ0v) is 15.2. The summed E-state index contributed by atoms with van der Waals surface area (Å²) in [6.45, 7) is 0. The summed E-state index contributed by atoms with van der Waals surface area (Å²) in [6.07, 6.45) is 2.62. The number of thiocarbonyl (C=S) groups is 1. The van der Waals surface area contributed by atoms with Gasteiger partial charge in [-0.05, 0) is 42.1 Å². The van der Waals surface area contributed by atoms with Gasteiger partial charge in [-0.3, -0.25) is 20.2 Å². The van der Waals surface area contributed by atoms with Gasteiger partial charge in [0, 0.05) is 28.3 Å². The Balaban J connectivity index is 2.01. The maximum Gasteiger partial charge on any atom is 0.271 e. The zero-order chi connectivity index (χ0) is 19.3. The number of carbonyl (C=O) groups is 1. The first-order valence-corrected chi connectivity index (χ1v) is 8.11. The van der Waals surface area contributed by atoms with Crippen LogP contribution in [0.15, 0.2) is 42.5 Å². The fourth-order valence-electron chi connectivity index (χ4n) is 1.83. The molecule has 0 fully saturated rings. The number of hydrogen-bond acceptors (Lipinski definition) is 4. The molecule has 0 aromatic heterocycles. The van der Waals surface area contributed by atoms with Crippen LogP contribution < -0.4 is 10.6 Å². The van der Waals surface area contributed by atoms with Gasteiger partial charge in [-0.2, -0.15) is 0 Å². The molecule has 0 atom stereocenters. The van der Waals surface area contributed by atoms with Crippen molar-refractivity contribution in [2.75, 3.05) is 5.32 Å². The van der Waals surface area contributed by atoms with Crippen molar-refractivity contribution in [1.82, 2.24) is 5.32 Å². The van der Waals surface area contributed by atoms with Gasteiger partial charge < -0.3 is 5.32 Å². The second kappa shape index (κ2) is 8.70. The highest BCUT2D eigenvalue weighted by Gasteiger charge is 2.12. The number of amides is 1. The number of nitrogens with one attached hydrogen (secondary N) is 2. The molecule has 0 saturated heterocycles. The van der Waals surface area contributed by atoms with E-state index in [1.807, 2.05) is 0 Å². The van der Waals surface area contributed by atoms with Crippen LogP contribution in [0, 0.1) is 15.9 Å². The molecule has 0 aliphatic rings. The lowest BCUT2D eigenvalue weighted by Gasteiger charge is -2.09. The van der Waals surface area contributed by atoms with Gasteiger partial charge in [0.2, 0.25) is 5.91 Å². The largest absolute Gasteiger partial charge is 0.330 e. The van der Waals surface area contributed by atoms with Gasteiger partial charge in [0.1, 0.15) is 5.82 Å². The molecule has 10 heteroatoms. The Morgan fingerprint density at radius 2 is 1.96 bits per heavy atom. The number of anilines is 1. The minimum absolute atomic E-state index is 0.221. The van der Waals surface area contributed by atoms with Crippen molar-refractivity contribution in [1.29, 1.82) is 0 Å². The Hall–Kier alpha value is -2.55. The molecule has 2 N–H and O–H groups in total. The molecule has 0 saturated carbocycles. The molecule has 6 nitrogen and oxygen atoms in total. The number of halogens is 3. The fourth-order valence-corrected chi connectivity index (χ4v) is 2.51. The van der Waals surface area contributed by atoms with Gasteiger partial charge in [-0.25, -0.2) is 4.39 Å². The topological polar surface area (TPSA) is 84.3 Å². The van der Waals surface area contributed by atoms with E-state index in [-0.39, 0.29) is 16.5 Å². The number of nitro benzene ring substituents is 1. The first-order valence-electron chi connectivity index (χ1n) is 6.95. The van der Waals surface area contributed by atoms with Crippen LogP contribution in [0.25, 0.3) is 6.08 Å². The minimum Gasteiger partial charge on any atom is -0.330 e. The molecular formula is C16H10Cl2FN3O3S. The summed E-state index contributed by atoms with van der Waals surface area (Å²) < 4.78 is 13.7. The van der Waals surface area contributed by atoms with E-state index < -0.39 is 16.6 Å². The van der Waals surface area contributed by atoms with Crippen molar-refractivity contribution in [3.8, 4) is 0 Å². The van der Waals surface area contributed by atoms with Crippen molar-refractivity contribution < 1.29 is 14.1 Å². The molecule has 0 bridgehead atoms. The molecule has 1 amide bonds. The predicted molar refractivity (Wildman–Crippen MR) is 103 cm³/mol. The number of non-ortho nitro benzene ring substituents is 1. The number of benzene rings is 2. The highest BCUT2D eigenvalue weighted by Crippen LogP contribution is 2.22. The highest BCUT2D eigenvalue weighted by atomic mass is 35.5. The molecule has 0 aliphatic heterocycles. The Bertz CT molecular complexity index is 922. The number of nitrogens with zero attached hydrogens (tertiary/aromatic N) is 1. The molecule has 2 rings (SSSR count). The molecule has 0 radical (unpaired) electrons. The van der Waals surface area contributed by atoms with E-state index in [1.54, 1.807) is 12.1 Å². The summed E-state index contributed by atoms with van der Waals surface area (Å²) in [7, 11) is 0. The summed E-state index contributed by atoms with van der Waals surface area (Å²) in [5, 5.41) is 16.0. The molecule has 2 aromatic rings. The lowest BCUT2D eigenvalue weighted by molar-refractivity contribution is -0.384. The summed E-state index contributed by atoms with van der Waals surface area (Å²) in [6, 6.07) is 7.68. The molecular weight excluding hydrogens is 404 g/mol. The first kappa shape index (κ1) is 19.8. The third-order valence-corrected chi connectivity index (χ3v) is 3.79. The Morgan fingerprint density at radius 1 is 1.23 bits per heavy atom. The van der Waals surface area contributed by atoms with Crippen LogP contribution in [0.3, 0.4) is 0 Å². The Morgan fingerprint density at radius 3 is 2.62 bits per heavy atom. The van der Waals surface area contributed by atoms with Gasteiger partial charge >= 0.3 is 0 Å². The predicted octanol–water partition coefficient (Wildman–Crippen LogP) is 4.57. The van der Waals surface area contributed by atoms with Crippen LogP contribution in [0.2, 0.25) is 10.0 Å². The minimum atomic E-state index is -0.754. The molecule has 0 heterocycles.